The Hall–Kier alpha value is -8.23. The first kappa shape index (κ1) is 39.2. The number of rotatable bonds is 7. The number of sulfone groups is 1. The lowest BCUT2D eigenvalue weighted by atomic mass is 10.2. The van der Waals surface area contributed by atoms with Crippen molar-refractivity contribution in [2.45, 2.75) is 9.79 Å². The average molecular weight is 896 g/mol. The predicted molar refractivity (Wildman–Crippen MR) is 279 cm³/mol. The number of hydrogen-bond donors (Lipinski definition) is 0. The highest BCUT2D eigenvalue weighted by Gasteiger charge is 2.43. The standard InChI is InChI=1S/C60H41N3O2SSi/c64-66(65)59-33-17-15-31-57(59)61(58-32-16-18-34-60(58)66)42-35-37-47(38-36-42)67(45-19-3-1-4-20-45,46-21-5-2-6-22-46)48-40-43(62-53-27-11-7-23-49(53)50-24-8-12-28-54(50)62)39-44(41-48)63-55-29-13-9-25-51(55)52-26-10-14-30-56(52)63/h1-41H. The molecular weight excluding hydrogens is 855 g/mol. The highest BCUT2D eigenvalue weighted by molar-refractivity contribution is 7.92. The zero-order valence-electron chi connectivity index (χ0n) is 36.2. The van der Waals surface area contributed by atoms with Crippen LogP contribution in [0.15, 0.2) is 259 Å². The van der Waals surface area contributed by atoms with Crippen molar-refractivity contribution < 1.29 is 8.42 Å². The molecule has 12 aromatic rings. The molecule has 3 heterocycles. The Bertz CT molecular complexity index is 3680. The summed E-state index contributed by atoms with van der Waals surface area (Å²) in [6.07, 6.45) is 0. The number of fused-ring (bicyclic) bond motifs is 8. The summed E-state index contributed by atoms with van der Waals surface area (Å²) in [5.74, 6) is 0. The number of aromatic nitrogens is 2. The van der Waals surface area contributed by atoms with E-state index in [-0.39, 0.29) is 0 Å². The molecule has 0 fully saturated rings. The first-order chi connectivity index (χ1) is 33.0. The zero-order valence-corrected chi connectivity index (χ0v) is 38.1. The second kappa shape index (κ2) is 15.2. The van der Waals surface area contributed by atoms with Crippen LogP contribution in [0.25, 0.3) is 55.0 Å². The van der Waals surface area contributed by atoms with E-state index < -0.39 is 17.9 Å². The Kier molecular flexibility index (Phi) is 8.87. The first-order valence-electron chi connectivity index (χ1n) is 22.6. The molecule has 7 heteroatoms. The van der Waals surface area contributed by atoms with E-state index in [1.807, 2.05) is 24.3 Å². The fourth-order valence-electron chi connectivity index (χ4n) is 11.0. The van der Waals surface area contributed by atoms with Crippen LogP contribution in [0.1, 0.15) is 0 Å². The summed E-state index contributed by atoms with van der Waals surface area (Å²) < 4.78 is 32.9. The Labute approximate surface area is 389 Å². The van der Waals surface area contributed by atoms with E-state index >= 15 is 0 Å². The zero-order chi connectivity index (χ0) is 44.7. The van der Waals surface area contributed by atoms with E-state index in [0.717, 1.165) is 39.1 Å². The quantitative estimate of drug-likeness (QED) is 0.118. The maximum absolute atomic E-state index is 14.0. The summed E-state index contributed by atoms with van der Waals surface area (Å²) in [5.41, 5.74) is 8.90. The third kappa shape index (κ3) is 5.82. The molecule has 67 heavy (non-hydrogen) atoms. The van der Waals surface area contributed by atoms with Crippen LogP contribution < -0.4 is 25.6 Å². The predicted octanol–water partition coefficient (Wildman–Crippen LogP) is 11.9. The van der Waals surface area contributed by atoms with Crippen LogP contribution in [-0.4, -0.2) is 25.6 Å². The van der Waals surface area contributed by atoms with Crippen LogP contribution in [-0.2, 0) is 9.84 Å². The Morgan fingerprint density at radius 3 is 1.06 bits per heavy atom. The molecule has 0 radical (unpaired) electrons. The molecular formula is C60H41N3O2SSi. The van der Waals surface area contributed by atoms with Crippen LogP contribution >= 0.6 is 0 Å². The van der Waals surface area contributed by atoms with Gasteiger partial charge >= 0.3 is 0 Å². The second-order valence-corrected chi connectivity index (χ2v) is 23.0. The third-order valence-corrected chi connectivity index (χ3v) is 20.4. The first-order valence-corrected chi connectivity index (χ1v) is 26.1. The number of nitrogens with zero attached hydrogens (tertiary/aromatic N) is 3. The second-order valence-electron chi connectivity index (χ2n) is 17.3. The average Bonchev–Trinajstić information content (AvgIpc) is 3.91. The lowest BCUT2D eigenvalue weighted by molar-refractivity contribution is 0.595. The van der Waals surface area contributed by atoms with Gasteiger partial charge in [0.1, 0.15) is 0 Å². The Morgan fingerprint density at radius 2 is 0.642 bits per heavy atom. The van der Waals surface area contributed by atoms with Crippen LogP contribution in [0.3, 0.4) is 0 Å². The van der Waals surface area contributed by atoms with Gasteiger partial charge in [0.05, 0.1) is 43.2 Å². The smallest absolute Gasteiger partial charge is 0.210 e. The summed E-state index contributed by atoms with van der Waals surface area (Å²) in [4.78, 5) is 2.69. The number of anilines is 3. The van der Waals surface area contributed by atoms with Crippen LogP contribution in [0.4, 0.5) is 17.1 Å². The largest absolute Gasteiger partial charge is 0.309 e. The lowest BCUT2D eigenvalue weighted by Gasteiger charge is -2.36. The van der Waals surface area contributed by atoms with E-state index in [1.54, 1.807) is 24.3 Å². The van der Waals surface area contributed by atoms with Gasteiger partial charge in [0.2, 0.25) is 9.84 Å². The van der Waals surface area contributed by atoms with Crippen LogP contribution in [0.2, 0.25) is 0 Å². The van der Waals surface area contributed by atoms with E-state index in [0.29, 0.717) is 21.2 Å². The molecule has 13 rings (SSSR count). The fraction of sp³-hybridized carbons (Fsp3) is 0. The number of hydrogen-bond acceptors (Lipinski definition) is 3. The molecule has 0 aliphatic carbocycles. The van der Waals surface area contributed by atoms with Crippen molar-refractivity contribution in [1.29, 1.82) is 0 Å². The number of benzene rings is 10. The van der Waals surface area contributed by atoms with Crippen molar-refractivity contribution in [3.8, 4) is 11.4 Å². The maximum atomic E-state index is 14.0. The normalized spacial score (nSPS) is 13.3. The van der Waals surface area contributed by atoms with E-state index in [4.69, 9.17) is 0 Å². The fourth-order valence-corrected chi connectivity index (χ4v) is 17.4. The third-order valence-electron chi connectivity index (χ3n) is 13.8. The van der Waals surface area contributed by atoms with E-state index in [1.165, 1.54) is 42.3 Å². The van der Waals surface area contributed by atoms with Gasteiger partial charge in [0.15, 0.2) is 8.07 Å². The molecule has 2 aromatic heterocycles. The van der Waals surface area contributed by atoms with Gasteiger partial charge in [0, 0.05) is 38.6 Å². The SMILES string of the molecule is O=S1(=O)c2ccccc2N(c2ccc([Si](c3ccccc3)(c3ccccc3)c3cc(-n4c5ccccc5c5ccccc54)cc(-n4c5ccccc5c5ccccc54)c3)cc2)c2ccccc21. The molecule has 0 amide bonds. The number of para-hydroxylation sites is 6. The van der Waals surface area contributed by atoms with Crippen molar-refractivity contribution in [3.05, 3.63) is 249 Å². The highest BCUT2D eigenvalue weighted by Crippen LogP contribution is 2.47. The molecule has 0 saturated heterocycles. The van der Waals surface area contributed by atoms with Gasteiger partial charge in [-0.3, -0.25) is 0 Å². The molecule has 10 aromatic carbocycles. The van der Waals surface area contributed by atoms with Crippen molar-refractivity contribution in [2.75, 3.05) is 4.90 Å². The molecule has 0 N–H and O–H groups in total. The van der Waals surface area contributed by atoms with Gasteiger partial charge in [-0.1, -0.05) is 170 Å². The minimum absolute atomic E-state index is 0.300. The summed E-state index contributed by atoms with van der Waals surface area (Å²) in [5, 5.41) is 9.77. The summed E-state index contributed by atoms with van der Waals surface area (Å²) in [7, 11) is -6.96. The van der Waals surface area contributed by atoms with E-state index in [2.05, 4.69) is 214 Å². The Balaban J connectivity index is 1.13. The molecule has 1 aliphatic rings. The molecule has 0 spiro atoms. The van der Waals surface area contributed by atoms with Gasteiger partial charge in [-0.2, -0.15) is 0 Å². The summed E-state index contributed by atoms with van der Waals surface area (Å²) in [6, 6.07) is 87.9. The molecule has 0 saturated carbocycles. The minimum Gasteiger partial charge on any atom is -0.309 e. The molecule has 0 atom stereocenters. The van der Waals surface area contributed by atoms with Crippen LogP contribution in [0.5, 0.6) is 0 Å². The van der Waals surface area contributed by atoms with Gasteiger partial charge in [-0.25, -0.2) is 8.42 Å². The topological polar surface area (TPSA) is 47.2 Å². The molecule has 0 bridgehead atoms. The highest BCUT2D eigenvalue weighted by atomic mass is 32.2. The van der Waals surface area contributed by atoms with Crippen molar-refractivity contribution in [1.82, 2.24) is 9.13 Å². The summed E-state index contributed by atoms with van der Waals surface area (Å²) in [6.45, 7) is 0. The van der Waals surface area contributed by atoms with Crippen molar-refractivity contribution >= 4 is 99.3 Å². The van der Waals surface area contributed by atoms with Crippen molar-refractivity contribution in [3.63, 3.8) is 0 Å². The minimum atomic E-state index is -3.72. The van der Waals surface area contributed by atoms with E-state index in [9.17, 15) is 8.42 Å². The lowest BCUT2D eigenvalue weighted by Crippen LogP contribution is -2.74. The molecule has 0 unspecified atom stereocenters. The van der Waals surface area contributed by atoms with Crippen LogP contribution in [0, 0.1) is 0 Å². The maximum Gasteiger partial charge on any atom is 0.210 e. The Morgan fingerprint density at radius 1 is 0.299 bits per heavy atom. The van der Waals surface area contributed by atoms with Gasteiger partial charge in [-0.15, -0.1) is 0 Å². The summed E-state index contributed by atoms with van der Waals surface area (Å²) >= 11 is 0. The van der Waals surface area contributed by atoms with Gasteiger partial charge in [-0.05, 0) is 99.6 Å². The molecule has 1 aliphatic heterocycles. The monoisotopic (exact) mass is 895 g/mol. The van der Waals surface area contributed by atoms with Crippen molar-refractivity contribution in [2.24, 2.45) is 0 Å². The van der Waals surface area contributed by atoms with Gasteiger partial charge in [0.25, 0.3) is 0 Å². The molecule has 318 valence electrons. The molecule has 5 nitrogen and oxygen atoms in total. The van der Waals surface area contributed by atoms with Gasteiger partial charge < -0.3 is 14.0 Å².